The predicted molar refractivity (Wildman–Crippen MR) is 77.5 cm³/mol. The van der Waals surface area contributed by atoms with Gasteiger partial charge in [0.2, 0.25) is 0 Å². The van der Waals surface area contributed by atoms with Crippen LogP contribution in [0.2, 0.25) is 0 Å². The van der Waals surface area contributed by atoms with Crippen LogP contribution in [0.4, 0.5) is 5.69 Å². The number of pyridine rings is 1. The number of methoxy groups -OCH3 is 2. The van der Waals surface area contributed by atoms with Gasteiger partial charge in [-0.3, -0.25) is 4.98 Å². The molecule has 20 heavy (non-hydrogen) atoms. The summed E-state index contributed by atoms with van der Waals surface area (Å²) in [5.41, 5.74) is 2.30. The van der Waals surface area contributed by atoms with Crippen LogP contribution in [0.5, 0.6) is 17.2 Å². The second-order valence-corrected chi connectivity index (χ2v) is 4.37. The monoisotopic (exact) mass is 274 g/mol. The van der Waals surface area contributed by atoms with E-state index >= 15 is 0 Å². The molecule has 0 radical (unpaired) electrons. The minimum absolute atomic E-state index is 0.179. The van der Waals surface area contributed by atoms with E-state index in [1.165, 1.54) is 0 Å². The van der Waals surface area contributed by atoms with E-state index in [9.17, 15) is 5.11 Å². The summed E-state index contributed by atoms with van der Waals surface area (Å²) in [4.78, 5) is 4.30. The second kappa shape index (κ2) is 6.14. The Balaban J connectivity index is 2.16. The van der Waals surface area contributed by atoms with Gasteiger partial charge in [0.25, 0.3) is 0 Å². The number of ether oxygens (including phenoxy) is 2. The summed E-state index contributed by atoms with van der Waals surface area (Å²) in [5, 5.41) is 13.0. The van der Waals surface area contributed by atoms with Crippen molar-refractivity contribution in [3.05, 3.63) is 41.7 Å². The molecule has 0 atom stereocenters. The zero-order valence-electron chi connectivity index (χ0n) is 11.8. The normalized spacial score (nSPS) is 10.2. The first-order valence-electron chi connectivity index (χ1n) is 6.25. The lowest BCUT2D eigenvalue weighted by molar-refractivity contribution is 0.394. The predicted octanol–water partition coefficient (Wildman–Crippen LogP) is 2.72. The van der Waals surface area contributed by atoms with Crippen molar-refractivity contribution in [3.63, 3.8) is 0 Å². The molecule has 1 heterocycles. The molecule has 5 heteroatoms. The number of aryl methyl sites for hydroxylation is 1. The molecule has 0 saturated heterocycles. The van der Waals surface area contributed by atoms with Crippen molar-refractivity contribution in [2.75, 3.05) is 19.5 Å². The molecule has 0 fully saturated rings. The maximum absolute atomic E-state index is 9.76. The minimum atomic E-state index is 0.179. The molecule has 0 spiro atoms. The van der Waals surface area contributed by atoms with Crippen molar-refractivity contribution in [3.8, 4) is 17.2 Å². The van der Waals surface area contributed by atoms with E-state index in [0.29, 0.717) is 23.7 Å². The lowest BCUT2D eigenvalue weighted by atomic mass is 10.2. The first-order chi connectivity index (χ1) is 9.62. The van der Waals surface area contributed by atoms with Crippen LogP contribution in [-0.2, 0) is 6.54 Å². The topological polar surface area (TPSA) is 63.6 Å². The molecule has 106 valence electrons. The van der Waals surface area contributed by atoms with Crippen molar-refractivity contribution in [1.82, 2.24) is 4.98 Å². The lowest BCUT2D eigenvalue weighted by Crippen LogP contribution is -2.03. The van der Waals surface area contributed by atoms with Gasteiger partial charge in [-0.15, -0.1) is 0 Å². The number of rotatable bonds is 5. The lowest BCUT2D eigenvalue weighted by Gasteiger charge is -2.11. The fourth-order valence-electron chi connectivity index (χ4n) is 1.83. The first kappa shape index (κ1) is 14.0. The van der Waals surface area contributed by atoms with Gasteiger partial charge < -0.3 is 19.9 Å². The van der Waals surface area contributed by atoms with E-state index in [0.717, 1.165) is 11.4 Å². The zero-order chi connectivity index (χ0) is 14.5. The number of aromatic hydroxyl groups is 1. The third-order valence-corrected chi connectivity index (χ3v) is 2.90. The molecule has 2 rings (SSSR count). The van der Waals surface area contributed by atoms with Gasteiger partial charge >= 0.3 is 0 Å². The number of hydrogen-bond donors (Lipinski definition) is 2. The van der Waals surface area contributed by atoms with E-state index in [2.05, 4.69) is 10.3 Å². The Hall–Kier alpha value is -2.43. The third-order valence-electron chi connectivity index (χ3n) is 2.90. The highest BCUT2D eigenvalue weighted by molar-refractivity contribution is 5.54. The molecule has 0 saturated carbocycles. The summed E-state index contributed by atoms with van der Waals surface area (Å²) in [7, 11) is 3.21. The standard InChI is InChI=1S/C15H18N2O3/c1-10-4-5-15(18)14(17-10)9-16-11-6-12(19-2)8-13(7-11)20-3/h4-8,16,18H,9H2,1-3H3. The summed E-state index contributed by atoms with van der Waals surface area (Å²) in [5.74, 6) is 1.58. The van der Waals surface area contributed by atoms with Gasteiger partial charge in [0.15, 0.2) is 0 Å². The second-order valence-electron chi connectivity index (χ2n) is 4.37. The molecule has 1 aromatic carbocycles. The number of anilines is 1. The number of aromatic nitrogens is 1. The number of nitrogens with one attached hydrogen (secondary N) is 1. The van der Waals surface area contributed by atoms with E-state index in [-0.39, 0.29) is 5.75 Å². The quantitative estimate of drug-likeness (QED) is 0.877. The molecule has 0 aliphatic heterocycles. The summed E-state index contributed by atoms with van der Waals surface area (Å²) >= 11 is 0. The summed E-state index contributed by atoms with van der Waals surface area (Å²) in [6.45, 7) is 2.31. The van der Waals surface area contributed by atoms with E-state index in [1.807, 2.05) is 19.1 Å². The Kier molecular flexibility index (Phi) is 4.30. The fourth-order valence-corrected chi connectivity index (χ4v) is 1.83. The largest absolute Gasteiger partial charge is 0.506 e. The van der Waals surface area contributed by atoms with Crippen LogP contribution in [-0.4, -0.2) is 24.3 Å². The average molecular weight is 274 g/mol. The maximum atomic E-state index is 9.76. The molecule has 0 aliphatic carbocycles. The van der Waals surface area contributed by atoms with Gasteiger partial charge in [-0.2, -0.15) is 0 Å². The van der Waals surface area contributed by atoms with Gasteiger partial charge in [0.1, 0.15) is 22.9 Å². The number of benzene rings is 1. The fraction of sp³-hybridized carbons (Fsp3) is 0.267. The Morgan fingerprint density at radius 3 is 2.35 bits per heavy atom. The van der Waals surface area contributed by atoms with Gasteiger partial charge in [0.05, 0.1) is 20.8 Å². The Morgan fingerprint density at radius 1 is 1.10 bits per heavy atom. The van der Waals surface area contributed by atoms with Gasteiger partial charge in [0, 0.05) is 29.6 Å². The van der Waals surface area contributed by atoms with E-state index in [1.54, 1.807) is 32.4 Å². The minimum Gasteiger partial charge on any atom is -0.506 e. The molecule has 0 unspecified atom stereocenters. The maximum Gasteiger partial charge on any atom is 0.138 e. The molecule has 0 aliphatic rings. The van der Waals surface area contributed by atoms with Crippen LogP contribution in [0.3, 0.4) is 0 Å². The van der Waals surface area contributed by atoms with E-state index < -0.39 is 0 Å². The highest BCUT2D eigenvalue weighted by Gasteiger charge is 2.05. The molecule has 2 N–H and O–H groups in total. The Bertz CT molecular complexity index is 577. The number of hydrogen-bond acceptors (Lipinski definition) is 5. The Morgan fingerprint density at radius 2 is 1.75 bits per heavy atom. The zero-order valence-corrected chi connectivity index (χ0v) is 11.8. The molecule has 1 aromatic heterocycles. The van der Waals surface area contributed by atoms with Crippen LogP contribution in [0.1, 0.15) is 11.4 Å². The summed E-state index contributed by atoms with van der Waals surface area (Å²) in [6.07, 6.45) is 0. The van der Waals surface area contributed by atoms with Crippen molar-refractivity contribution < 1.29 is 14.6 Å². The van der Waals surface area contributed by atoms with Crippen LogP contribution in [0, 0.1) is 6.92 Å². The summed E-state index contributed by atoms with van der Waals surface area (Å²) in [6, 6.07) is 8.93. The SMILES string of the molecule is COc1cc(NCc2nc(C)ccc2O)cc(OC)c1. The highest BCUT2D eigenvalue weighted by atomic mass is 16.5. The van der Waals surface area contributed by atoms with Crippen LogP contribution < -0.4 is 14.8 Å². The van der Waals surface area contributed by atoms with Crippen molar-refractivity contribution in [2.45, 2.75) is 13.5 Å². The first-order valence-corrected chi connectivity index (χ1v) is 6.25. The molecular weight excluding hydrogens is 256 g/mol. The van der Waals surface area contributed by atoms with Gasteiger partial charge in [-0.1, -0.05) is 0 Å². The third kappa shape index (κ3) is 3.32. The van der Waals surface area contributed by atoms with Crippen LogP contribution in [0.15, 0.2) is 30.3 Å². The average Bonchev–Trinajstić information content (AvgIpc) is 2.47. The molecule has 2 aromatic rings. The smallest absolute Gasteiger partial charge is 0.138 e. The van der Waals surface area contributed by atoms with Crippen molar-refractivity contribution >= 4 is 5.69 Å². The van der Waals surface area contributed by atoms with Gasteiger partial charge in [-0.05, 0) is 19.1 Å². The van der Waals surface area contributed by atoms with Crippen molar-refractivity contribution in [2.24, 2.45) is 0 Å². The molecular formula is C15H18N2O3. The summed E-state index contributed by atoms with van der Waals surface area (Å²) < 4.78 is 10.4. The molecule has 0 amide bonds. The molecule has 5 nitrogen and oxygen atoms in total. The van der Waals surface area contributed by atoms with E-state index in [4.69, 9.17) is 9.47 Å². The van der Waals surface area contributed by atoms with Gasteiger partial charge in [-0.25, -0.2) is 0 Å². The van der Waals surface area contributed by atoms with Crippen LogP contribution in [0.25, 0.3) is 0 Å². The van der Waals surface area contributed by atoms with Crippen molar-refractivity contribution in [1.29, 1.82) is 0 Å². The van der Waals surface area contributed by atoms with Crippen LogP contribution >= 0.6 is 0 Å². The Labute approximate surface area is 118 Å². The highest BCUT2D eigenvalue weighted by Crippen LogP contribution is 2.26. The number of nitrogens with zero attached hydrogens (tertiary/aromatic N) is 1. The molecule has 0 bridgehead atoms.